The highest BCUT2D eigenvalue weighted by Crippen LogP contribution is 2.33. The van der Waals surface area contributed by atoms with E-state index in [4.69, 9.17) is 4.74 Å². The number of fused-ring (bicyclic) bond motifs is 1. The second-order valence-corrected chi connectivity index (χ2v) is 7.82. The number of hydrogen-bond acceptors (Lipinski definition) is 6. The highest BCUT2D eigenvalue weighted by Gasteiger charge is 2.45. The van der Waals surface area contributed by atoms with Crippen molar-refractivity contribution >= 4 is 11.3 Å². The topological polar surface area (TPSA) is 41.5 Å². The number of likely N-dealkylation sites (tertiary alicyclic amines) is 1. The van der Waals surface area contributed by atoms with Gasteiger partial charge in [0.25, 0.3) is 0 Å². The second kappa shape index (κ2) is 7.27. The molecule has 2 aliphatic heterocycles. The lowest BCUT2D eigenvalue weighted by Gasteiger charge is -2.34. The Hall–Kier alpha value is -1.34. The Kier molecular flexibility index (Phi) is 4.89. The SMILES string of the molecule is CN(Cc1cncnc1)[C@@H]1CN(Cc2cccs2)[C@@H]2CCCO[C@H]12. The van der Waals surface area contributed by atoms with Crippen LogP contribution in [0.5, 0.6) is 0 Å². The van der Waals surface area contributed by atoms with Crippen LogP contribution in [0.15, 0.2) is 36.2 Å². The standard InChI is InChI=1S/C18H24N4OS/c1-21(10-14-8-19-13-20-9-14)17-12-22(11-15-4-3-7-24-15)16-5-2-6-23-18(16)17/h3-4,7-9,13,16-18H,2,5-6,10-12H2,1H3/t16-,17-,18+/m1/s1. The highest BCUT2D eigenvalue weighted by atomic mass is 32.1. The van der Waals surface area contributed by atoms with Gasteiger partial charge in [0.05, 0.1) is 12.1 Å². The number of rotatable bonds is 5. The maximum Gasteiger partial charge on any atom is 0.115 e. The third-order valence-electron chi connectivity index (χ3n) is 5.15. The van der Waals surface area contributed by atoms with Gasteiger partial charge in [0.15, 0.2) is 0 Å². The molecule has 24 heavy (non-hydrogen) atoms. The molecule has 2 fully saturated rings. The van der Waals surface area contributed by atoms with Crippen LogP contribution < -0.4 is 0 Å². The molecule has 0 amide bonds. The Bertz CT molecular complexity index is 636. The van der Waals surface area contributed by atoms with Gasteiger partial charge in [0, 0.05) is 55.1 Å². The lowest BCUT2D eigenvalue weighted by molar-refractivity contribution is -0.0384. The molecule has 6 heteroatoms. The first kappa shape index (κ1) is 16.1. The molecular weight excluding hydrogens is 320 g/mol. The minimum absolute atomic E-state index is 0.313. The summed E-state index contributed by atoms with van der Waals surface area (Å²) in [5.74, 6) is 0. The van der Waals surface area contributed by atoms with Crippen molar-refractivity contribution in [2.75, 3.05) is 20.2 Å². The van der Waals surface area contributed by atoms with E-state index in [1.807, 2.05) is 23.7 Å². The van der Waals surface area contributed by atoms with Crippen LogP contribution in [0.2, 0.25) is 0 Å². The monoisotopic (exact) mass is 344 g/mol. The van der Waals surface area contributed by atoms with E-state index in [1.54, 1.807) is 6.33 Å². The Morgan fingerprint density at radius 1 is 1.38 bits per heavy atom. The van der Waals surface area contributed by atoms with Gasteiger partial charge in [-0.05, 0) is 31.3 Å². The lowest BCUT2D eigenvalue weighted by Crippen LogP contribution is -2.46. The van der Waals surface area contributed by atoms with E-state index in [1.165, 1.54) is 17.7 Å². The smallest absolute Gasteiger partial charge is 0.115 e. The van der Waals surface area contributed by atoms with Crippen molar-refractivity contribution < 1.29 is 4.74 Å². The first-order chi connectivity index (χ1) is 11.8. The molecule has 2 aliphatic rings. The number of hydrogen-bond donors (Lipinski definition) is 0. The third-order valence-corrected chi connectivity index (χ3v) is 6.02. The average molecular weight is 344 g/mol. The van der Waals surface area contributed by atoms with E-state index in [0.29, 0.717) is 18.2 Å². The van der Waals surface area contributed by atoms with Gasteiger partial charge < -0.3 is 4.74 Å². The van der Waals surface area contributed by atoms with E-state index in [-0.39, 0.29) is 0 Å². The maximum atomic E-state index is 6.21. The fourth-order valence-electron chi connectivity index (χ4n) is 4.02. The Morgan fingerprint density at radius 2 is 2.25 bits per heavy atom. The van der Waals surface area contributed by atoms with Crippen LogP contribution in [0, 0.1) is 0 Å². The van der Waals surface area contributed by atoms with Gasteiger partial charge in [0.2, 0.25) is 0 Å². The fraction of sp³-hybridized carbons (Fsp3) is 0.556. The zero-order valence-corrected chi connectivity index (χ0v) is 14.9. The van der Waals surface area contributed by atoms with Crippen LogP contribution in [0.3, 0.4) is 0 Å². The predicted octanol–water partition coefficient (Wildman–Crippen LogP) is 2.40. The van der Waals surface area contributed by atoms with Gasteiger partial charge in [-0.1, -0.05) is 6.07 Å². The number of ether oxygens (including phenoxy) is 1. The van der Waals surface area contributed by atoms with E-state index in [2.05, 4.69) is 44.3 Å². The van der Waals surface area contributed by atoms with Crippen LogP contribution >= 0.6 is 11.3 Å². The first-order valence-electron chi connectivity index (χ1n) is 8.63. The normalized spacial score (nSPS) is 27.5. The van der Waals surface area contributed by atoms with Crippen molar-refractivity contribution in [3.8, 4) is 0 Å². The molecule has 2 saturated heterocycles. The highest BCUT2D eigenvalue weighted by molar-refractivity contribution is 7.09. The summed E-state index contributed by atoms with van der Waals surface area (Å²) in [6, 6.07) is 5.35. The van der Waals surface area contributed by atoms with Gasteiger partial charge in [0.1, 0.15) is 6.33 Å². The summed E-state index contributed by atoms with van der Waals surface area (Å²) in [5.41, 5.74) is 1.16. The first-order valence-corrected chi connectivity index (χ1v) is 9.51. The summed E-state index contributed by atoms with van der Waals surface area (Å²) in [6.07, 6.45) is 8.12. The van der Waals surface area contributed by atoms with Gasteiger partial charge in [-0.25, -0.2) is 9.97 Å². The molecule has 4 rings (SSSR count). The Morgan fingerprint density at radius 3 is 3.04 bits per heavy atom. The molecule has 3 atom stereocenters. The summed E-state index contributed by atoms with van der Waals surface area (Å²) in [7, 11) is 2.20. The molecule has 5 nitrogen and oxygen atoms in total. The van der Waals surface area contributed by atoms with Gasteiger partial charge in [-0.3, -0.25) is 9.80 Å². The zero-order chi connectivity index (χ0) is 16.4. The van der Waals surface area contributed by atoms with Crippen LogP contribution in [0.4, 0.5) is 0 Å². The number of thiophene rings is 1. The van der Waals surface area contributed by atoms with Crippen LogP contribution in [-0.4, -0.2) is 58.2 Å². The molecule has 2 aromatic heterocycles. The van der Waals surface area contributed by atoms with E-state index in [0.717, 1.165) is 31.8 Å². The molecule has 0 saturated carbocycles. The molecule has 0 radical (unpaired) electrons. The summed E-state index contributed by atoms with van der Waals surface area (Å²) in [4.78, 5) is 14.7. The van der Waals surface area contributed by atoms with Crippen molar-refractivity contribution in [2.24, 2.45) is 0 Å². The van der Waals surface area contributed by atoms with Crippen molar-refractivity contribution in [3.63, 3.8) is 0 Å². The van der Waals surface area contributed by atoms with Crippen molar-refractivity contribution in [2.45, 2.75) is 44.1 Å². The molecule has 0 N–H and O–H groups in total. The van der Waals surface area contributed by atoms with Crippen molar-refractivity contribution in [3.05, 3.63) is 46.7 Å². The molecular formula is C18H24N4OS. The minimum atomic E-state index is 0.313. The summed E-state index contributed by atoms with van der Waals surface area (Å²) >= 11 is 1.85. The summed E-state index contributed by atoms with van der Waals surface area (Å²) < 4.78 is 6.21. The molecule has 0 spiro atoms. The zero-order valence-electron chi connectivity index (χ0n) is 14.0. The van der Waals surface area contributed by atoms with Gasteiger partial charge >= 0.3 is 0 Å². The number of nitrogens with zero attached hydrogens (tertiary/aromatic N) is 4. The average Bonchev–Trinajstić information content (AvgIpc) is 3.25. The Balaban J connectivity index is 1.48. The van der Waals surface area contributed by atoms with Crippen molar-refractivity contribution in [1.29, 1.82) is 0 Å². The van der Waals surface area contributed by atoms with E-state index >= 15 is 0 Å². The molecule has 0 aliphatic carbocycles. The van der Waals surface area contributed by atoms with E-state index < -0.39 is 0 Å². The van der Waals surface area contributed by atoms with Crippen LogP contribution in [0.25, 0.3) is 0 Å². The minimum Gasteiger partial charge on any atom is -0.375 e. The fourth-order valence-corrected chi connectivity index (χ4v) is 4.75. The summed E-state index contributed by atoms with van der Waals surface area (Å²) in [6.45, 7) is 3.87. The number of likely N-dealkylation sites (N-methyl/N-ethyl adjacent to an activating group) is 1. The van der Waals surface area contributed by atoms with Crippen LogP contribution in [0.1, 0.15) is 23.3 Å². The van der Waals surface area contributed by atoms with Crippen LogP contribution in [-0.2, 0) is 17.8 Å². The van der Waals surface area contributed by atoms with Gasteiger partial charge in [-0.15, -0.1) is 11.3 Å². The summed E-state index contributed by atoms with van der Waals surface area (Å²) in [5, 5.41) is 2.17. The largest absolute Gasteiger partial charge is 0.375 e. The van der Waals surface area contributed by atoms with Gasteiger partial charge in [-0.2, -0.15) is 0 Å². The number of aromatic nitrogens is 2. The lowest BCUT2D eigenvalue weighted by atomic mass is 10.00. The molecule has 0 unspecified atom stereocenters. The quantitative estimate of drug-likeness (QED) is 0.833. The van der Waals surface area contributed by atoms with Crippen molar-refractivity contribution in [1.82, 2.24) is 19.8 Å². The Labute approximate surface area is 147 Å². The third kappa shape index (κ3) is 3.37. The molecule has 0 bridgehead atoms. The molecule has 4 heterocycles. The molecule has 2 aromatic rings. The van der Waals surface area contributed by atoms with E-state index in [9.17, 15) is 0 Å². The molecule has 0 aromatic carbocycles. The second-order valence-electron chi connectivity index (χ2n) is 6.78. The predicted molar refractivity (Wildman–Crippen MR) is 94.8 cm³/mol. The maximum absolute atomic E-state index is 6.21. The molecule has 128 valence electrons.